The van der Waals surface area contributed by atoms with Crippen molar-refractivity contribution in [2.45, 2.75) is 32.4 Å². The molecule has 18 heavy (non-hydrogen) atoms. The summed E-state index contributed by atoms with van der Waals surface area (Å²) in [6, 6.07) is 8.11. The second kappa shape index (κ2) is 6.21. The molecule has 0 aliphatic carbocycles. The first kappa shape index (κ1) is 13.4. The molecule has 1 saturated heterocycles. The third-order valence-electron chi connectivity index (χ3n) is 3.26. The summed E-state index contributed by atoms with van der Waals surface area (Å²) in [5.41, 5.74) is 1.10. The summed E-state index contributed by atoms with van der Waals surface area (Å²) in [5.74, 6) is 0.279. The Kier molecular flexibility index (Phi) is 4.61. The molecule has 1 aromatic carbocycles. The van der Waals surface area contributed by atoms with Gasteiger partial charge in [0, 0.05) is 37.1 Å². The van der Waals surface area contributed by atoms with Gasteiger partial charge in [-0.15, -0.1) is 0 Å². The molecule has 0 saturated carbocycles. The highest BCUT2D eigenvalue weighted by Crippen LogP contribution is 2.15. The van der Waals surface area contributed by atoms with Crippen LogP contribution in [0.1, 0.15) is 25.3 Å². The molecule has 2 rings (SSSR count). The van der Waals surface area contributed by atoms with Crippen LogP contribution in [0.25, 0.3) is 0 Å². The Morgan fingerprint density at radius 1 is 1.44 bits per heavy atom. The zero-order valence-corrected chi connectivity index (χ0v) is 11.4. The van der Waals surface area contributed by atoms with Crippen molar-refractivity contribution in [2.75, 3.05) is 13.1 Å². The first-order valence-corrected chi connectivity index (χ1v) is 6.79. The van der Waals surface area contributed by atoms with Crippen molar-refractivity contribution in [1.82, 2.24) is 10.2 Å². The van der Waals surface area contributed by atoms with Crippen LogP contribution in [0.3, 0.4) is 0 Å². The highest BCUT2D eigenvalue weighted by Gasteiger charge is 2.21. The van der Waals surface area contributed by atoms with Gasteiger partial charge in [-0.1, -0.05) is 29.8 Å². The van der Waals surface area contributed by atoms with Gasteiger partial charge in [0.1, 0.15) is 0 Å². The van der Waals surface area contributed by atoms with Crippen molar-refractivity contribution >= 4 is 17.5 Å². The zero-order chi connectivity index (χ0) is 13.0. The number of hydrogen-bond acceptors (Lipinski definition) is 2. The number of benzene rings is 1. The smallest absolute Gasteiger partial charge is 0.222 e. The minimum Gasteiger partial charge on any atom is -0.341 e. The Morgan fingerprint density at radius 2 is 2.22 bits per heavy atom. The Hall–Kier alpha value is -1.06. The number of likely N-dealkylation sites (tertiary alicyclic amines) is 1. The van der Waals surface area contributed by atoms with Crippen molar-refractivity contribution in [3.05, 3.63) is 34.9 Å². The van der Waals surface area contributed by atoms with Gasteiger partial charge in [0.05, 0.1) is 0 Å². The number of halogens is 1. The molecule has 1 N–H and O–H groups in total. The summed E-state index contributed by atoms with van der Waals surface area (Å²) in [5, 5.41) is 4.20. The van der Waals surface area contributed by atoms with Crippen molar-refractivity contribution < 1.29 is 4.79 Å². The van der Waals surface area contributed by atoms with E-state index < -0.39 is 0 Å². The molecule has 1 unspecified atom stereocenters. The maximum absolute atomic E-state index is 11.5. The topological polar surface area (TPSA) is 32.3 Å². The van der Waals surface area contributed by atoms with Gasteiger partial charge in [0.25, 0.3) is 0 Å². The predicted octanol–water partition coefficient (Wildman–Crippen LogP) is 2.44. The summed E-state index contributed by atoms with van der Waals surface area (Å²) < 4.78 is 0. The molecule has 0 bridgehead atoms. The van der Waals surface area contributed by atoms with E-state index in [-0.39, 0.29) is 11.9 Å². The molecular weight excluding hydrogens is 248 g/mol. The largest absolute Gasteiger partial charge is 0.341 e. The molecule has 1 aliphatic heterocycles. The van der Waals surface area contributed by atoms with Gasteiger partial charge in [-0.25, -0.2) is 0 Å². The van der Waals surface area contributed by atoms with Gasteiger partial charge in [0.2, 0.25) is 5.91 Å². The fraction of sp³-hybridized carbons (Fsp3) is 0.500. The maximum atomic E-state index is 11.5. The van der Waals surface area contributed by atoms with Crippen LogP contribution in [-0.4, -0.2) is 29.9 Å². The summed E-state index contributed by atoms with van der Waals surface area (Å²) in [6.07, 6.45) is 1.70. The Bertz CT molecular complexity index is 422. The first-order chi connectivity index (χ1) is 8.66. The van der Waals surface area contributed by atoms with Crippen molar-refractivity contribution in [2.24, 2.45) is 0 Å². The van der Waals surface area contributed by atoms with E-state index in [1.807, 2.05) is 29.2 Å². The molecule has 1 fully saturated rings. The van der Waals surface area contributed by atoms with Crippen LogP contribution in [0.2, 0.25) is 5.02 Å². The molecule has 0 spiro atoms. The zero-order valence-electron chi connectivity index (χ0n) is 10.7. The van der Waals surface area contributed by atoms with Gasteiger partial charge in [-0.2, -0.15) is 0 Å². The average molecular weight is 267 g/mol. The van der Waals surface area contributed by atoms with Crippen molar-refractivity contribution in [3.63, 3.8) is 0 Å². The summed E-state index contributed by atoms with van der Waals surface area (Å²) in [6.45, 7) is 4.52. The van der Waals surface area contributed by atoms with Crippen LogP contribution in [0.5, 0.6) is 0 Å². The van der Waals surface area contributed by atoms with E-state index in [9.17, 15) is 4.79 Å². The van der Waals surface area contributed by atoms with Crippen LogP contribution < -0.4 is 5.32 Å². The Labute approximate surface area is 113 Å². The second-order valence-electron chi connectivity index (χ2n) is 4.82. The van der Waals surface area contributed by atoms with Gasteiger partial charge >= 0.3 is 0 Å². The van der Waals surface area contributed by atoms with E-state index in [0.29, 0.717) is 6.42 Å². The number of rotatable bonds is 5. The molecule has 3 nitrogen and oxygen atoms in total. The van der Waals surface area contributed by atoms with E-state index in [1.165, 1.54) is 0 Å². The lowest BCUT2D eigenvalue weighted by atomic mass is 10.2. The van der Waals surface area contributed by atoms with E-state index in [4.69, 9.17) is 11.6 Å². The number of carbonyl (C=O) groups excluding carboxylic acids is 1. The molecule has 1 atom stereocenters. The molecule has 1 aliphatic rings. The number of amides is 1. The van der Waals surface area contributed by atoms with Gasteiger partial charge in [-0.05, 0) is 25.0 Å². The van der Waals surface area contributed by atoms with E-state index in [2.05, 4.69) is 12.2 Å². The minimum absolute atomic E-state index is 0.279. The van der Waals surface area contributed by atoms with Gasteiger partial charge in [0.15, 0.2) is 0 Å². The Balaban J connectivity index is 1.80. The first-order valence-electron chi connectivity index (χ1n) is 6.41. The molecule has 1 aromatic rings. The average Bonchev–Trinajstić information content (AvgIpc) is 2.74. The van der Waals surface area contributed by atoms with Crippen molar-refractivity contribution in [1.29, 1.82) is 0 Å². The fourth-order valence-electron chi connectivity index (χ4n) is 2.22. The highest BCUT2D eigenvalue weighted by molar-refractivity contribution is 6.31. The number of nitrogens with one attached hydrogen (secondary N) is 1. The van der Waals surface area contributed by atoms with Crippen LogP contribution in [-0.2, 0) is 11.3 Å². The molecule has 4 heteroatoms. The third-order valence-corrected chi connectivity index (χ3v) is 3.63. The summed E-state index contributed by atoms with van der Waals surface area (Å²) >= 11 is 6.10. The van der Waals surface area contributed by atoms with E-state index >= 15 is 0 Å². The standard InChI is InChI=1S/C14H19ClN2O/c1-11(10-17-8-4-7-14(17)18)16-9-12-5-2-3-6-13(12)15/h2-3,5-6,11,16H,4,7-10H2,1H3. The molecule has 0 aromatic heterocycles. The normalized spacial score (nSPS) is 17.2. The second-order valence-corrected chi connectivity index (χ2v) is 5.22. The van der Waals surface area contributed by atoms with Gasteiger partial charge in [-0.3, -0.25) is 4.79 Å². The summed E-state index contributed by atoms with van der Waals surface area (Å²) in [4.78, 5) is 13.4. The SMILES string of the molecule is CC(CN1CCCC1=O)NCc1ccccc1Cl. The third kappa shape index (κ3) is 3.47. The fourth-order valence-corrected chi connectivity index (χ4v) is 2.42. The molecule has 1 heterocycles. The van der Waals surface area contributed by atoms with Crippen LogP contribution >= 0.6 is 11.6 Å². The predicted molar refractivity (Wildman–Crippen MR) is 73.6 cm³/mol. The van der Waals surface area contributed by atoms with E-state index in [1.54, 1.807) is 0 Å². The molecule has 98 valence electrons. The Morgan fingerprint density at radius 3 is 2.89 bits per heavy atom. The van der Waals surface area contributed by atoms with Crippen LogP contribution in [0.4, 0.5) is 0 Å². The number of hydrogen-bond donors (Lipinski definition) is 1. The van der Waals surface area contributed by atoms with Crippen LogP contribution in [0.15, 0.2) is 24.3 Å². The number of carbonyl (C=O) groups is 1. The summed E-state index contributed by atoms with van der Waals surface area (Å²) in [7, 11) is 0. The van der Waals surface area contributed by atoms with Gasteiger partial charge < -0.3 is 10.2 Å². The maximum Gasteiger partial charge on any atom is 0.222 e. The quantitative estimate of drug-likeness (QED) is 0.888. The number of nitrogens with zero attached hydrogens (tertiary/aromatic N) is 1. The molecule has 0 radical (unpaired) electrons. The molecular formula is C14H19ClN2O. The van der Waals surface area contributed by atoms with E-state index in [0.717, 1.165) is 36.6 Å². The molecule has 1 amide bonds. The minimum atomic E-state index is 0.279. The monoisotopic (exact) mass is 266 g/mol. The van der Waals surface area contributed by atoms with Crippen LogP contribution in [0, 0.1) is 0 Å². The lowest BCUT2D eigenvalue weighted by Gasteiger charge is -2.22. The highest BCUT2D eigenvalue weighted by atomic mass is 35.5. The van der Waals surface area contributed by atoms with Crippen molar-refractivity contribution in [3.8, 4) is 0 Å². The lowest BCUT2D eigenvalue weighted by Crippen LogP contribution is -2.39. The lowest BCUT2D eigenvalue weighted by molar-refractivity contribution is -0.127.